The fourth-order valence-electron chi connectivity index (χ4n) is 1.50. The highest BCUT2D eigenvalue weighted by Gasteiger charge is 2.34. The molecule has 2 aromatic carbocycles. The zero-order valence-corrected chi connectivity index (χ0v) is 8.55. The molecule has 0 aliphatic heterocycles. The Labute approximate surface area is 95.5 Å². The number of alkyl halides is 3. The molecule has 0 nitrogen and oxygen atoms in total. The van der Waals surface area contributed by atoms with E-state index in [4.69, 9.17) is 0 Å². The van der Waals surface area contributed by atoms with Crippen LogP contribution < -0.4 is 0 Å². The smallest absolute Gasteiger partial charge is 0.206 e. The summed E-state index contributed by atoms with van der Waals surface area (Å²) in [5, 5.41) is 0. The van der Waals surface area contributed by atoms with Crippen molar-refractivity contribution in [2.75, 3.05) is 0 Å². The van der Waals surface area contributed by atoms with E-state index in [1.165, 1.54) is 6.07 Å². The number of rotatable bonds is 1. The summed E-state index contributed by atoms with van der Waals surface area (Å²) in [6.07, 6.45) is -4.68. The lowest BCUT2D eigenvalue weighted by molar-refractivity contribution is -0.139. The molecule has 0 saturated carbocycles. The van der Waals surface area contributed by atoms with Crippen LogP contribution in [0, 0.1) is 11.9 Å². The van der Waals surface area contributed by atoms with Crippen molar-refractivity contribution in [1.29, 1.82) is 0 Å². The van der Waals surface area contributed by atoms with E-state index < -0.39 is 17.6 Å². The van der Waals surface area contributed by atoms with Crippen LogP contribution in [0.5, 0.6) is 0 Å². The average Bonchev–Trinajstić information content (AvgIpc) is 2.29. The van der Waals surface area contributed by atoms with Crippen LogP contribution in [-0.2, 0) is 6.18 Å². The predicted molar refractivity (Wildman–Crippen MR) is 55.7 cm³/mol. The van der Waals surface area contributed by atoms with E-state index in [1.54, 1.807) is 24.3 Å². The topological polar surface area (TPSA) is 0 Å². The highest BCUT2D eigenvalue weighted by atomic mass is 19.4. The van der Waals surface area contributed by atoms with Crippen LogP contribution in [0.4, 0.5) is 17.6 Å². The maximum absolute atomic E-state index is 13.1. The summed E-state index contributed by atoms with van der Waals surface area (Å²) in [7, 11) is 0. The van der Waals surface area contributed by atoms with Crippen LogP contribution >= 0.6 is 0 Å². The van der Waals surface area contributed by atoms with E-state index >= 15 is 0 Å². The van der Waals surface area contributed by atoms with Crippen molar-refractivity contribution in [1.82, 2.24) is 0 Å². The molecule has 0 atom stereocenters. The summed E-state index contributed by atoms with van der Waals surface area (Å²) in [4.78, 5) is 0. The van der Waals surface area contributed by atoms with Crippen LogP contribution in [0.15, 0.2) is 42.5 Å². The molecular formula is C13H7F4. The van der Waals surface area contributed by atoms with Crippen LogP contribution in [0.25, 0.3) is 11.1 Å². The van der Waals surface area contributed by atoms with Gasteiger partial charge in [-0.1, -0.05) is 30.3 Å². The number of hydrogen-bond acceptors (Lipinski definition) is 0. The van der Waals surface area contributed by atoms with Gasteiger partial charge in [-0.05, 0) is 29.3 Å². The van der Waals surface area contributed by atoms with Gasteiger partial charge in [-0.15, -0.1) is 0 Å². The second-order valence-electron chi connectivity index (χ2n) is 3.48. The first-order valence-corrected chi connectivity index (χ1v) is 4.82. The van der Waals surface area contributed by atoms with Gasteiger partial charge in [-0.2, -0.15) is 13.2 Å². The molecule has 2 rings (SSSR count). The standard InChI is InChI=1S/C13H7F4/c14-12-7-6-10(8-11(12)13(15,16)17)9-4-2-1-3-5-9/h2-8H. The third-order valence-electron chi connectivity index (χ3n) is 2.32. The minimum absolute atomic E-state index is 0.327. The molecule has 0 aliphatic carbocycles. The first-order chi connectivity index (χ1) is 7.98. The highest BCUT2D eigenvalue weighted by molar-refractivity contribution is 5.64. The van der Waals surface area contributed by atoms with E-state index in [1.807, 2.05) is 0 Å². The Balaban J connectivity index is 2.53. The minimum Gasteiger partial charge on any atom is -0.206 e. The molecule has 0 saturated heterocycles. The Bertz CT molecular complexity index is 515. The summed E-state index contributed by atoms with van der Waals surface area (Å²) in [6.45, 7) is 0. The Morgan fingerprint density at radius 1 is 0.882 bits per heavy atom. The SMILES string of the molecule is Fc1ccc(-c2cc[c]cc2)cc1C(F)(F)F. The van der Waals surface area contributed by atoms with Crippen molar-refractivity contribution in [2.24, 2.45) is 0 Å². The first kappa shape index (κ1) is 11.6. The molecule has 0 unspecified atom stereocenters. The quantitative estimate of drug-likeness (QED) is 0.650. The normalized spacial score (nSPS) is 11.5. The van der Waals surface area contributed by atoms with Gasteiger partial charge in [0.25, 0.3) is 0 Å². The maximum Gasteiger partial charge on any atom is 0.419 e. The van der Waals surface area contributed by atoms with Crippen molar-refractivity contribution in [3.63, 3.8) is 0 Å². The van der Waals surface area contributed by atoms with Crippen molar-refractivity contribution in [3.05, 3.63) is 59.9 Å². The Kier molecular flexibility index (Phi) is 2.88. The van der Waals surface area contributed by atoms with Gasteiger partial charge in [0.1, 0.15) is 5.82 Å². The molecule has 4 heteroatoms. The van der Waals surface area contributed by atoms with Crippen LogP contribution in [0.2, 0.25) is 0 Å². The highest BCUT2D eigenvalue weighted by Crippen LogP contribution is 2.34. The van der Waals surface area contributed by atoms with Gasteiger partial charge in [-0.25, -0.2) is 4.39 Å². The monoisotopic (exact) mass is 239 g/mol. The van der Waals surface area contributed by atoms with Gasteiger partial charge >= 0.3 is 6.18 Å². The van der Waals surface area contributed by atoms with Crippen molar-refractivity contribution < 1.29 is 17.6 Å². The van der Waals surface area contributed by atoms with Crippen molar-refractivity contribution >= 4 is 0 Å². The molecular weight excluding hydrogens is 232 g/mol. The Hall–Kier alpha value is -1.84. The second-order valence-corrected chi connectivity index (χ2v) is 3.48. The molecule has 0 aliphatic rings. The van der Waals surface area contributed by atoms with Gasteiger partial charge in [0.05, 0.1) is 5.56 Å². The van der Waals surface area contributed by atoms with Gasteiger partial charge < -0.3 is 0 Å². The molecule has 0 bridgehead atoms. The Morgan fingerprint density at radius 2 is 1.53 bits per heavy atom. The average molecular weight is 239 g/mol. The largest absolute Gasteiger partial charge is 0.419 e. The van der Waals surface area contributed by atoms with E-state index in [9.17, 15) is 17.6 Å². The van der Waals surface area contributed by atoms with E-state index in [2.05, 4.69) is 6.07 Å². The summed E-state index contributed by atoms with van der Waals surface area (Å²) in [6, 6.07) is 12.1. The van der Waals surface area contributed by atoms with Crippen LogP contribution in [0.3, 0.4) is 0 Å². The lowest BCUT2D eigenvalue weighted by Crippen LogP contribution is -2.08. The first-order valence-electron chi connectivity index (χ1n) is 4.82. The van der Waals surface area contributed by atoms with Crippen LogP contribution in [0.1, 0.15) is 5.56 Å². The summed E-state index contributed by atoms with van der Waals surface area (Å²) < 4.78 is 50.5. The third kappa shape index (κ3) is 2.46. The molecule has 2 aromatic rings. The lowest BCUT2D eigenvalue weighted by atomic mass is 10.0. The molecule has 0 spiro atoms. The molecule has 0 aromatic heterocycles. The molecule has 87 valence electrons. The van der Waals surface area contributed by atoms with Crippen molar-refractivity contribution in [2.45, 2.75) is 6.18 Å². The predicted octanol–water partition coefficient (Wildman–Crippen LogP) is 4.31. The fourth-order valence-corrected chi connectivity index (χ4v) is 1.50. The van der Waals surface area contributed by atoms with Gasteiger partial charge in [0.15, 0.2) is 0 Å². The molecule has 0 amide bonds. The van der Waals surface area contributed by atoms with Crippen LogP contribution in [-0.4, -0.2) is 0 Å². The molecule has 0 fully saturated rings. The summed E-state index contributed by atoms with van der Waals surface area (Å²) >= 11 is 0. The molecule has 17 heavy (non-hydrogen) atoms. The third-order valence-corrected chi connectivity index (χ3v) is 2.32. The van der Waals surface area contributed by atoms with Gasteiger partial charge in [0, 0.05) is 0 Å². The van der Waals surface area contributed by atoms with E-state index in [-0.39, 0.29) is 0 Å². The number of halogens is 4. The molecule has 0 N–H and O–H groups in total. The molecule has 0 heterocycles. The zero-order valence-electron chi connectivity index (χ0n) is 8.55. The van der Waals surface area contributed by atoms with Gasteiger partial charge in [0.2, 0.25) is 0 Å². The number of hydrogen-bond donors (Lipinski definition) is 0. The fraction of sp³-hybridized carbons (Fsp3) is 0.0769. The van der Waals surface area contributed by atoms with Crippen molar-refractivity contribution in [3.8, 4) is 11.1 Å². The van der Waals surface area contributed by atoms with E-state index in [0.717, 1.165) is 12.1 Å². The summed E-state index contributed by atoms with van der Waals surface area (Å²) in [5.74, 6) is -1.26. The minimum atomic E-state index is -4.68. The lowest BCUT2D eigenvalue weighted by Gasteiger charge is -2.10. The maximum atomic E-state index is 13.1. The van der Waals surface area contributed by atoms with E-state index in [0.29, 0.717) is 11.1 Å². The summed E-state index contributed by atoms with van der Waals surface area (Å²) in [5.41, 5.74) is -0.329. The zero-order chi connectivity index (χ0) is 12.5. The second kappa shape index (κ2) is 4.20. The van der Waals surface area contributed by atoms with Gasteiger partial charge in [-0.3, -0.25) is 0 Å². The number of benzene rings is 2. The molecule has 1 radical (unpaired) electrons. The Morgan fingerprint density at radius 3 is 2.12 bits per heavy atom.